The fraction of sp³-hybridized carbons (Fsp3) is 0.625. The SMILES string of the molecule is COCC1(CNc2nc(C)cc(C)c2C#N)CCNCC1. The van der Waals surface area contributed by atoms with Gasteiger partial charge in [-0.1, -0.05) is 0 Å². The first-order valence-corrected chi connectivity index (χ1v) is 7.42. The molecule has 5 heteroatoms. The van der Waals surface area contributed by atoms with Crippen molar-refractivity contribution in [3.05, 3.63) is 22.9 Å². The summed E-state index contributed by atoms with van der Waals surface area (Å²) in [6.45, 7) is 7.44. The van der Waals surface area contributed by atoms with Crippen LogP contribution in [0.15, 0.2) is 6.07 Å². The standard InChI is InChI=1S/C16H24N4O/c1-12-8-13(2)20-15(14(12)9-17)19-10-16(11-21-3)4-6-18-7-5-16/h8,18H,4-7,10-11H2,1-3H3,(H,19,20). The lowest BCUT2D eigenvalue weighted by Crippen LogP contribution is -2.44. The Bertz CT molecular complexity index is 524. The number of nitrogens with one attached hydrogen (secondary N) is 2. The highest BCUT2D eigenvalue weighted by Gasteiger charge is 2.32. The molecule has 2 rings (SSSR count). The highest BCUT2D eigenvalue weighted by atomic mass is 16.5. The van der Waals surface area contributed by atoms with Gasteiger partial charge in [0, 0.05) is 24.8 Å². The van der Waals surface area contributed by atoms with Crippen LogP contribution < -0.4 is 10.6 Å². The molecule has 0 amide bonds. The van der Waals surface area contributed by atoms with Gasteiger partial charge >= 0.3 is 0 Å². The van der Waals surface area contributed by atoms with E-state index in [2.05, 4.69) is 21.7 Å². The van der Waals surface area contributed by atoms with Crippen molar-refractivity contribution in [1.82, 2.24) is 10.3 Å². The number of nitriles is 1. The maximum atomic E-state index is 9.33. The van der Waals surface area contributed by atoms with Gasteiger partial charge in [-0.05, 0) is 51.4 Å². The lowest BCUT2D eigenvalue weighted by Gasteiger charge is -2.37. The maximum Gasteiger partial charge on any atom is 0.144 e. The molecule has 0 radical (unpaired) electrons. The first-order valence-electron chi connectivity index (χ1n) is 7.42. The van der Waals surface area contributed by atoms with Crippen molar-refractivity contribution < 1.29 is 4.74 Å². The van der Waals surface area contributed by atoms with Crippen LogP contribution >= 0.6 is 0 Å². The van der Waals surface area contributed by atoms with Crippen molar-refractivity contribution in [2.75, 3.05) is 38.7 Å². The average Bonchev–Trinajstić information content (AvgIpc) is 2.46. The summed E-state index contributed by atoms with van der Waals surface area (Å²) in [7, 11) is 1.75. The number of nitrogens with zero attached hydrogens (tertiary/aromatic N) is 2. The molecule has 1 aromatic rings. The van der Waals surface area contributed by atoms with Crippen LogP contribution in [-0.4, -0.2) is 38.3 Å². The quantitative estimate of drug-likeness (QED) is 0.867. The minimum atomic E-state index is 0.117. The van der Waals surface area contributed by atoms with E-state index in [1.165, 1.54) is 0 Å². The number of aromatic nitrogens is 1. The monoisotopic (exact) mass is 288 g/mol. The minimum Gasteiger partial charge on any atom is -0.384 e. The topological polar surface area (TPSA) is 70.0 Å². The predicted octanol–water partition coefficient (Wildman–Crippen LogP) is 2.00. The van der Waals surface area contributed by atoms with Crippen LogP contribution in [0.2, 0.25) is 0 Å². The number of ether oxygens (including phenoxy) is 1. The Labute approximate surface area is 126 Å². The van der Waals surface area contributed by atoms with Crippen LogP contribution in [-0.2, 0) is 4.74 Å². The van der Waals surface area contributed by atoms with E-state index < -0.39 is 0 Å². The number of aryl methyl sites for hydroxylation is 2. The van der Waals surface area contributed by atoms with Crippen molar-refractivity contribution in [3.8, 4) is 6.07 Å². The predicted molar refractivity (Wildman–Crippen MR) is 83.3 cm³/mol. The fourth-order valence-corrected chi connectivity index (χ4v) is 3.01. The van der Waals surface area contributed by atoms with E-state index in [-0.39, 0.29) is 5.41 Å². The molecule has 0 bridgehead atoms. The number of piperidine rings is 1. The molecule has 0 atom stereocenters. The number of rotatable bonds is 5. The molecule has 0 unspecified atom stereocenters. The number of hydrogen-bond donors (Lipinski definition) is 2. The summed E-state index contributed by atoms with van der Waals surface area (Å²) in [5.74, 6) is 0.698. The Morgan fingerprint density at radius 3 is 2.76 bits per heavy atom. The number of methoxy groups -OCH3 is 1. The molecule has 1 saturated heterocycles. The van der Waals surface area contributed by atoms with Gasteiger partial charge in [-0.25, -0.2) is 4.98 Å². The number of anilines is 1. The van der Waals surface area contributed by atoms with E-state index in [0.717, 1.165) is 50.3 Å². The van der Waals surface area contributed by atoms with E-state index in [4.69, 9.17) is 4.74 Å². The van der Waals surface area contributed by atoms with Crippen molar-refractivity contribution in [2.45, 2.75) is 26.7 Å². The maximum absolute atomic E-state index is 9.33. The molecule has 2 N–H and O–H groups in total. The van der Waals surface area contributed by atoms with Gasteiger partial charge in [0.05, 0.1) is 12.2 Å². The lowest BCUT2D eigenvalue weighted by molar-refractivity contribution is 0.0635. The Morgan fingerprint density at radius 1 is 1.43 bits per heavy atom. The Morgan fingerprint density at radius 2 is 2.14 bits per heavy atom. The Balaban J connectivity index is 2.16. The molecule has 114 valence electrons. The van der Waals surface area contributed by atoms with Gasteiger partial charge in [-0.2, -0.15) is 5.26 Å². The normalized spacial score (nSPS) is 17.2. The van der Waals surface area contributed by atoms with Gasteiger partial charge in [0.25, 0.3) is 0 Å². The molecule has 5 nitrogen and oxygen atoms in total. The molecular formula is C16H24N4O. The first kappa shape index (κ1) is 15.7. The van der Waals surface area contributed by atoms with Gasteiger partial charge in [-0.15, -0.1) is 0 Å². The van der Waals surface area contributed by atoms with Crippen molar-refractivity contribution in [3.63, 3.8) is 0 Å². The first-order chi connectivity index (χ1) is 10.1. The van der Waals surface area contributed by atoms with Gasteiger partial charge < -0.3 is 15.4 Å². The summed E-state index contributed by atoms with van der Waals surface area (Å²) in [6.07, 6.45) is 2.14. The largest absolute Gasteiger partial charge is 0.384 e. The van der Waals surface area contributed by atoms with Gasteiger partial charge in [0.1, 0.15) is 11.9 Å². The molecule has 21 heavy (non-hydrogen) atoms. The Kier molecular flexibility index (Phi) is 5.16. The summed E-state index contributed by atoms with van der Waals surface area (Å²) in [4.78, 5) is 4.49. The lowest BCUT2D eigenvalue weighted by atomic mass is 9.79. The fourth-order valence-electron chi connectivity index (χ4n) is 3.01. The highest BCUT2D eigenvalue weighted by Crippen LogP contribution is 2.30. The van der Waals surface area contributed by atoms with E-state index >= 15 is 0 Å². The van der Waals surface area contributed by atoms with Crippen molar-refractivity contribution in [1.29, 1.82) is 5.26 Å². The van der Waals surface area contributed by atoms with Crippen LogP contribution in [0.25, 0.3) is 0 Å². The molecular weight excluding hydrogens is 264 g/mol. The second kappa shape index (κ2) is 6.88. The molecule has 1 fully saturated rings. The molecule has 1 aliphatic rings. The summed E-state index contributed by atoms with van der Waals surface area (Å²) < 4.78 is 5.42. The van der Waals surface area contributed by atoms with E-state index in [1.54, 1.807) is 7.11 Å². The second-order valence-corrected chi connectivity index (χ2v) is 5.95. The van der Waals surface area contributed by atoms with E-state index in [0.29, 0.717) is 11.4 Å². The summed E-state index contributed by atoms with van der Waals surface area (Å²) in [5, 5.41) is 16.1. The average molecular weight is 288 g/mol. The third-order valence-electron chi connectivity index (χ3n) is 4.20. The zero-order chi connectivity index (χ0) is 15.3. The van der Waals surface area contributed by atoms with Crippen LogP contribution in [0.1, 0.15) is 29.7 Å². The molecule has 0 aromatic carbocycles. The third kappa shape index (κ3) is 3.72. The van der Waals surface area contributed by atoms with Crippen LogP contribution in [0.3, 0.4) is 0 Å². The molecule has 0 saturated carbocycles. The Hall–Kier alpha value is -1.64. The zero-order valence-electron chi connectivity index (χ0n) is 13.1. The third-order valence-corrected chi connectivity index (χ3v) is 4.20. The smallest absolute Gasteiger partial charge is 0.144 e. The van der Waals surface area contributed by atoms with Crippen LogP contribution in [0.5, 0.6) is 0 Å². The molecule has 1 aliphatic heterocycles. The summed E-state index contributed by atoms with van der Waals surface area (Å²) in [6, 6.07) is 4.20. The van der Waals surface area contributed by atoms with Gasteiger partial charge in [0.2, 0.25) is 0 Å². The molecule has 0 aliphatic carbocycles. The van der Waals surface area contributed by atoms with E-state index in [1.807, 2.05) is 19.9 Å². The summed E-state index contributed by atoms with van der Waals surface area (Å²) >= 11 is 0. The number of pyridine rings is 1. The highest BCUT2D eigenvalue weighted by molar-refractivity contribution is 5.56. The van der Waals surface area contributed by atoms with Crippen LogP contribution in [0.4, 0.5) is 5.82 Å². The van der Waals surface area contributed by atoms with Gasteiger partial charge in [0.15, 0.2) is 0 Å². The van der Waals surface area contributed by atoms with Gasteiger partial charge in [-0.3, -0.25) is 0 Å². The zero-order valence-corrected chi connectivity index (χ0v) is 13.1. The summed E-state index contributed by atoms with van der Waals surface area (Å²) in [5.41, 5.74) is 2.66. The van der Waals surface area contributed by atoms with Crippen molar-refractivity contribution >= 4 is 5.82 Å². The van der Waals surface area contributed by atoms with Crippen molar-refractivity contribution in [2.24, 2.45) is 5.41 Å². The second-order valence-electron chi connectivity index (χ2n) is 5.95. The van der Waals surface area contributed by atoms with E-state index in [9.17, 15) is 5.26 Å². The minimum absolute atomic E-state index is 0.117. The number of hydrogen-bond acceptors (Lipinski definition) is 5. The molecule has 2 heterocycles. The molecule has 1 aromatic heterocycles. The molecule has 0 spiro atoms. The van der Waals surface area contributed by atoms with Crippen LogP contribution in [0, 0.1) is 30.6 Å².